The molecule has 1 aliphatic carbocycles. The maximum atomic E-state index is 11.6. The van der Waals surface area contributed by atoms with E-state index in [2.05, 4.69) is 11.4 Å². The summed E-state index contributed by atoms with van der Waals surface area (Å²) in [6.45, 7) is 0.807. The second kappa shape index (κ2) is 7.57. The lowest BCUT2D eigenvalue weighted by atomic mass is 9.81. The molecule has 3 N–H and O–H groups in total. The van der Waals surface area contributed by atoms with Crippen molar-refractivity contribution in [1.82, 2.24) is 5.32 Å². The zero-order valence-electron chi connectivity index (χ0n) is 10.2. The molecule has 0 aromatic rings. The first-order chi connectivity index (χ1) is 8.21. The van der Waals surface area contributed by atoms with E-state index in [1.807, 2.05) is 0 Å². The van der Waals surface area contributed by atoms with Crippen LogP contribution in [0.25, 0.3) is 0 Å². The Bertz CT molecular complexity index is 282. The summed E-state index contributed by atoms with van der Waals surface area (Å²) >= 11 is 1.63. The van der Waals surface area contributed by atoms with Crippen LogP contribution in [0.4, 0.5) is 0 Å². The predicted octanol–water partition coefficient (Wildman–Crippen LogP) is 1.41. The first-order valence-corrected chi connectivity index (χ1v) is 7.36. The van der Waals surface area contributed by atoms with Gasteiger partial charge in [-0.15, -0.1) is 11.8 Å². The maximum Gasteiger partial charge on any atom is 0.237 e. The van der Waals surface area contributed by atoms with Gasteiger partial charge in [-0.05, 0) is 31.6 Å². The molecule has 1 rings (SSSR count). The molecule has 96 valence electrons. The van der Waals surface area contributed by atoms with E-state index in [4.69, 9.17) is 11.0 Å². The number of hydrogen-bond donors (Lipinski definition) is 2. The Morgan fingerprint density at radius 2 is 2.12 bits per heavy atom. The third-order valence-corrected chi connectivity index (χ3v) is 4.18. The van der Waals surface area contributed by atoms with Gasteiger partial charge in [0.1, 0.15) is 0 Å². The molecule has 0 aromatic carbocycles. The van der Waals surface area contributed by atoms with Gasteiger partial charge >= 0.3 is 0 Å². The largest absolute Gasteiger partial charge is 0.368 e. The zero-order valence-corrected chi connectivity index (χ0v) is 11.0. The average molecular weight is 255 g/mol. The van der Waals surface area contributed by atoms with E-state index in [0.717, 1.165) is 44.4 Å². The van der Waals surface area contributed by atoms with Crippen LogP contribution in [-0.4, -0.2) is 29.5 Å². The summed E-state index contributed by atoms with van der Waals surface area (Å²) in [5, 5.41) is 11.7. The number of nitrogens with two attached hydrogens (primary N) is 1. The quantitative estimate of drug-likeness (QED) is 0.674. The van der Waals surface area contributed by atoms with Crippen molar-refractivity contribution in [3.05, 3.63) is 0 Å². The first kappa shape index (κ1) is 14.3. The Kier molecular flexibility index (Phi) is 6.38. The van der Waals surface area contributed by atoms with Crippen LogP contribution in [0.15, 0.2) is 0 Å². The Morgan fingerprint density at radius 3 is 2.71 bits per heavy atom. The molecule has 0 radical (unpaired) electrons. The molecule has 0 bridgehead atoms. The smallest absolute Gasteiger partial charge is 0.237 e. The van der Waals surface area contributed by atoms with Gasteiger partial charge in [0.05, 0.1) is 17.4 Å². The lowest BCUT2D eigenvalue weighted by molar-refractivity contribution is -0.125. The van der Waals surface area contributed by atoms with Crippen LogP contribution in [0.2, 0.25) is 0 Å². The van der Waals surface area contributed by atoms with Crippen molar-refractivity contribution in [2.75, 3.05) is 18.1 Å². The van der Waals surface area contributed by atoms with Gasteiger partial charge in [-0.3, -0.25) is 4.79 Å². The van der Waals surface area contributed by atoms with E-state index in [1.165, 1.54) is 6.42 Å². The van der Waals surface area contributed by atoms with Gasteiger partial charge in [-0.25, -0.2) is 0 Å². The SMILES string of the molecule is N#CCSCCCNC1(C(N)=O)CCCCC1. The average Bonchev–Trinajstić information content (AvgIpc) is 2.34. The van der Waals surface area contributed by atoms with Crippen molar-refractivity contribution in [1.29, 1.82) is 5.26 Å². The van der Waals surface area contributed by atoms with Crippen LogP contribution in [0.5, 0.6) is 0 Å². The van der Waals surface area contributed by atoms with Crippen LogP contribution >= 0.6 is 11.8 Å². The van der Waals surface area contributed by atoms with Gasteiger partial charge in [0.25, 0.3) is 0 Å². The minimum absolute atomic E-state index is 0.207. The summed E-state index contributed by atoms with van der Waals surface area (Å²) in [6, 6.07) is 2.10. The summed E-state index contributed by atoms with van der Waals surface area (Å²) in [6.07, 6.45) is 6.08. The third kappa shape index (κ3) is 4.57. The fourth-order valence-corrected chi connectivity index (χ4v) is 2.87. The van der Waals surface area contributed by atoms with Crippen LogP contribution in [0.3, 0.4) is 0 Å². The number of nitriles is 1. The normalized spacial score (nSPS) is 18.5. The van der Waals surface area contributed by atoms with Gasteiger partial charge in [0, 0.05) is 0 Å². The number of nitrogens with zero attached hydrogens (tertiary/aromatic N) is 1. The lowest BCUT2D eigenvalue weighted by Crippen LogP contribution is -2.56. The summed E-state index contributed by atoms with van der Waals surface area (Å²) in [7, 11) is 0. The summed E-state index contributed by atoms with van der Waals surface area (Å²) in [4.78, 5) is 11.6. The van der Waals surface area contributed by atoms with E-state index < -0.39 is 5.54 Å². The summed E-state index contributed by atoms with van der Waals surface area (Å²) in [5.74, 6) is 1.29. The van der Waals surface area contributed by atoms with Crippen LogP contribution in [-0.2, 0) is 4.79 Å². The molecule has 0 aliphatic heterocycles. The second-order valence-corrected chi connectivity index (χ2v) is 5.60. The highest BCUT2D eigenvalue weighted by Crippen LogP contribution is 2.27. The number of carbonyl (C=O) groups is 1. The molecule has 17 heavy (non-hydrogen) atoms. The number of amides is 1. The third-order valence-electron chi connectivity index (χ3n) is 3.27. The highest BCUT2D eigenvalue weighted by atomic mass is 32.2. The zero-order chi connectivity index (χ0) is 12.6. The molecule has 1 aliphatic rings. The molecule has 0 saturated heterocycles. The van der Waals surface area contributed by atoms with E-state index in [-0.39, 0.29) is 5.91 Å². The minimum atomic E-state index is -0.460. The van der Waals surface area contributed by atoms with Crippen LogP contribution in [0, 0.1) is 11.3 Å². The molecular weight excluding hydrogens is 234 g/mol. The van der Waals surface area contributed by atoms with Crippen molar-refractivity contribution >= 4 is 17.7 Å². The number of carbonyl (C=O) groups excluding carboxylic acids is 1. The number of rotatable bonds is 7. The van der Waals surface area contributed by atoms with Crippen molar-refractivity contribution in [3.63, 3.8) is 0 Å². The Hall–Kier alpha value is -0.730. The number of thioether (sulfide) groups is 1. The van der Waals surface area contributed by atoms with Gasteiger partial charge in [-0.2, -0.15) is 5.26 Å². The van der Waals surface area contributed by atoms with Crippen molar-refractivity contribution < 1.29 is 4.79 Å². The summed E-state index contributed by atoms with van der Waals surface area (Å²) in [5.41, 5.74) is 5.05. The lowest BCUT2D eigenvalue weighted by Gasteiger charge is -2.35. The van der Waals surface area contributed by atoms with Crippen molar-refractivity contribution in [3.8, 4) is 6.07 Å². The molecule has 0 heterocycles. The first-order valence-electron chi connectivity index (χ1n) is 6.21. The highest BCUT2D eigenvalue weighted by molar-refractivity contribution is 7.99. The molecule has 0 spiro atoms. The van der Waals surface area contributed by atoms with E-state index in [1.54, 1.807) is 11.8 Å². The van der Waals surface area contributed by atoms with Gasteiger partial charge < -0.3 is 11.1 Å². The van der Waals surface area contributed by atoms with Crippen molar-refractivity contribution in [2.24, 2.45) is 5.73 Å². The molecular formula is C12H21N3OS. The Balaban J connectivity index is 2.26. The topological polar surface area (TPSA) is 78.9 Å². The van der Waals surface area contributed by atoms with Crippen LogP contribution < -0.4 is 11.1 Å². The molecule has 0 unspecified atom stereocenters. The van der Waals surface area contributed by atoms with Gasteiger partial charge in [0.2, 0.25) is 5.91 Å². The van der Waals surface area contributed by atoms with Crippen LogP contribution in [0.1, 0.15) is 38.5 Å². The fraction of sp³-hybridized carbons (Fsp3) is 0.833. The van der Waals surface area contributed by atoms with E-state index in [9.17, 15) is 4.79 Å². The standard InChI is InChI=1S/C12H21N3OS/c13-7-10-17-9-4-8-15-12(11(14)16)5-2-1-3-6-12/h15H,1-6,8-10H2,(H2,14,16). The highest BCUT2D eigenvalue weighted by Gasteiger charge is 2.36. The Morgan fingerprint density at radius 1 is 1.41 bits per heavy atom. The summed E-state index contributed by atoms with van der Waals surface area (Å²) < 4.78 is 0. The molecule has 1 amide bonds. The maximum absolute atomic E-state index is 11.6. The number of nitrogens with one attached hydrogen (secondary N) is 1. The molecule has 1 fully saturated rings. The van der Waals surface area contributed by atoms with Gasteiger partial charge in [-0.1, -0.05) is 19.3 Å². The number of primary amides is 1. The van der Waals surface area contributed by atoms with E-state index in [0.29, 0.717) is 5.75 Å². The molecule has 4 nitrogen and oxygen atoms in total. The minimum Gasteiger partial charge on any atom is -0.368 e. The fourth-order valence-electron chi connectivity index (χ4n) is 2.29. The second-order valence-electron chi connectivity index (χ2n) is 4.50. The molecule has 0 atom stereocenters. The number of hydrogen-bond acceptors (Lipinski definition) is 4. The van der Waals surface area contributed by atoms with E-state index >= 15 is 0 Å². The molecule has 5 heteroatoms. The van der Waals surface area contributed by atoms with Gasteiger partial charge in [0.15, 0.2) is 0 Å². The van der Waals surface area contributed by atoms with Crippen molar-refractivity contribution in [2.45, 2.75) is 44.1 Å². The molecule has 1 saturated carbocycles. The Labute approximate surface area is 107 Å². The molecule has 0 aromatic heterocycles. The predicted molar refractivity (Wildman–Crippen MR) is 70.6 cm³/mol. The monoisotopic (exact) mass is 255 g/mol.